The molecule has 0 aromatic heterocycles. The van der Waals surface area contributed by atoms with Crippen molar-refractivity contribution in [2.24, 2.45) is 17.6 Å². The van der Waals surface area contributed by atoms with E-state index >= 15 is 0 Å². The lowest BCUT2D eigenvalue weighted by Gasteiger charge is -2.22. The minimum absolute atomic E-state index is 0.0399. The van der Waals surface area contributed by atoms with Gasteiger partial charge in [-0.3, -0.25) is 9.59 Å². The number of rotatable bonds is 9. The van der Waals surface area contributed by atoms with Gasteiger partial charge in [0.25, 0.3) is 0 Å². The summed E-state index contributed by atoms with van der Waals surface area (Å²) in [4.78, 5) is 24.8. The zero-order chi connectivity index (χ0) is 17.4. The fourth-order valence-electron chi connectivity index (χ4n) is 2.27. The second-order valence-electron chi connectivity index (χ2n) is 6.92. The second-order valence-corrected chi connectivity index (χ2v) is 6.92. The van der Waals surface area contributed by atoms with E-state index in [1.165, 1.54) is 0 Å². The molecule has 0 aliphatic carbocycles. The van der Waals surface area contributed by atoms with E-state index in [9.17, 15) is 9.59 Å². The number of nitrogens with two attached hydrogens (primary N) is 1. The molecule has 1 aromatic carbocycles. The molecule has 0 radical (unpaired) electrons. The highest BCUT2D eigenvalue weighted by atomic mass is 16.2. The molecule has 0 spiro atoms. The highest BCUT2D eigenvalue weighted by molar-refractivity contribution is 5.91. The van der Waals surface area contributed by atoms with Gasteiger partial charge in [0.1, 0.15) is 0 Å². The largest absolute Gasteiger partial charge is 0.345 e. The van der Waals surface area contributed by atoms with Crippen LogP contribution in [0.2, 0.25) is 0 Å². The fraction of sp³-hybridized carbons (Fsp3) is 0.579. The van der Waals surface area contributed by atoms with Crippen LogP contribution in [-0.2, 0) is 16.0 Å². The first kappa shape index (κ1) is 19.4. The third-order valence-electron chi connectivity index (χ3n) is 3.98. The summed E-state index contributed by atoms with van der Waals surface area (Å²) in [7, 11) is 0. The van der Waals surface area contributed by atoms with Crippen molar-refractivity contribution in [1.29, 1.82) is 0 Å². The van der Waals surface area contributed by atoms with E-state index in [2.05, 4.69) is 19.2 Å². The number of nitrogens with one attached hydrogen (secondary N) is 1. The van der Waals surface area contributed by atoms with Crippen LogP contribution in [-0.4, -0.2) is 23.8 Å². The van der Waals surface area contributed by atoms with Gasteiger partial charge >= 0.3 is 0 Å². The molecule has 1 rings (SSSR count). The number of hydrogen-bond donors (Lipinski definition) is 2. The summed E-state index contributed by atoms with van der Waals surface area (Å²) in [6, 6.07) is 8.65. The number of carbonyl (C=O) groups excluding carboxylic acids is 2. The summed E-state index contributed by atoms with van der Waals surface area (Å²) >= 11 is 0. The van der Waals surface area contributed by atoms with Gasteiger partial charge < -0.3 is 11.1 Å². The topological polar surface area (TPSA) is 72.2 Å². The number of benzene rings is 1. The third-order valence-corrected chi connectivity index (χ3v) is 3.98. The van der Waals surface area contributed by atoms with Crippen LogP contribution in [0.5, 0.6) is 0 Å². The summed E-state index contributed by atoms with van der Waals surface area (Å²) < 4.78 is 0. The van der Waals surface area contributed by atoms with Crippen LogP contribution in [0.4, 0.5) is 0 Å². The van der Waals surface area contributed by atoms with Gasteiger partial charge in [0.15, 0.2) is 5.78 Å². The molecule has 0 heterocycles. The average Bonchev–Trinajstić information content (AvgIpc) is 2.51. The molecule has 3 N–H and O–H groups in total. The zero-order valence-electron chi connectivity index (χ0n) is 14.7. The van der Waals surface area contributed by atoms with Crippen LogP contribution in [0.3, 0.4) is 0 Å². The van der Waals surface area contributed by atoms with E-state index in [0.717, 1.165) is 12.0 Å². The Labute approximate surface area is 139 Å². The van der Waals surface area contributed by atoms with Crippen molar-refractivity contribution < 1.29 is 9.59 Å². The predicted octanol–water partition coefficient (Wildman–Crippen LogP) is 2.70. The standard InChI is InChI=1S/C19H30N2O2/c1-13(2)10-11-17(22)16(12-15-8-6-5-7-9-15)21-19(23)18(20)14(3)4/h5-9,13-14,16,18H,10-12,20H2,1-4H3,(H,21,23)/t16-,18-/m0/s1. The second kappa shape index (κ2) is 9.46. The Morgan fingerprint density at radius 2 is 1.70 bits per heavy atom. The van der Waals surface area contributed by atoms with Crippen LogP contribution in [0.1, 0.15) is 46.1 Å². The van der Waals surface area contributed by atoms with Crippen molar-refractivity contribution in [3.05, 3.63) is 35.9 Å². The lowest BCUT2D eigenvalue weighted by molar-refractivity contribution is -0.129. The molecular weight excluding hydrogens is 288 g/mol. The number of amides is 1. The smallest absolute Gasteiger partial charge is 0.237 e. The summed E-state index contributed by atoms with van der Waals surface area (Å²) in [5.74, 6) is 0.328. The Balaban J connectivity index is 2.79. The Hall–Kier alpha value is -1.68. The molecule has 0 aliphatic heterocycles. The van der Waals surface area contributed by atoms with Crippen LogP contribution in [0.25, 0.3) is 0 Å². The molecule has 128 valence electrons. The monoisotopic (exact) mass is 318 g/mol. The molecule has 4 nitrogen and oxygen atoms in total. The molecule has 1 amide bonds. The van der Waals surface area contributed by atoms with E-state index in [4.69, 9.17) is 5.73 Å². The summed E-state index contributed by atoms with van der Waals surface area (Å²) in [5, 5.41) is 2.86. The first-order valence-corrected chi connectivity index (χ1v) is 8.43. The van der Waals surface area contributed by atoms with Crippen LogP contribution in [0.15, 0.2) is 30.3 Å². The van der Waals surface area contributed by atoms with Gasteiger partial charge in [0.05, 0.1) is 12.1 Å². The van der Waals surface area contributed by atoms with Crippen LogP contribution < -0.4 is 11.1 Å². The van der Waals surface area contributed by atoms with E-state index < -0.39 is 12.1 Å². The minimum atomic E-state index is -0.592. The Morgan fingerprint density at radius 1 is 1.09 bits per heavy atom. The molecule has 0 aliphatic rings. The van der Waals surface area contributed by atoms with E-state index in [-0.39, 0.29) is 17.6 Å². The normalized spacial score (nSPS) is 13.9. The molecule has 0 saturated heterocycles. The maximum absolute atomic E-state index is 12.5. The van der Waals surface area contributed by atoms with Gasteiger partial charge in [-0.2, -0.15) is 0 Å². The third kappa shape index (κ3) is 6.95. The average molecular weight is 318 g/mol. The summed E-state index contributed by atoms with van der Waals surface area (Å²) in [6.45, 7) is 7.98. The quantitative estimate of drug-likeness (QED) is 0.735. The molecule has 2 atom stereocenters. The Kier molecular flexibility index (Phi) is 7.96. The van der Waals surface area contributed by atoms with E-state index in [1.807, 2.05) is 44.2 Å². The molecule has 0 unspecified atom stereocenters. The van der Waals surface area contributed by atoms with Gasteiger partial charge in [0, 0.05) is 6.42 Å². The van der Waals surface area contributed by atoms with Crippen molar-refractivity contribution in [3.8, 4) is 0 Å². The van der Waals surface area contributed by atoms with Gasteiger partial charge in [0.2, 0.25) is 5.91 Å². The van der Waals surface area contributed by atoms with Crippen molar-refractivity contribution >= 4 is 11.7 Å². The van der Waals surface area contributed by atoms with Crippen LogP contribution >= 0.6 is 0 Å². The highest BCUT2D eigenvalue weighted by Gasteiger charge is 2.25. The van der Waals surface area contributed by atoms with E-state index in [0.29, 0.717) is 18.8 Å². The number of carbonyl (C=O) groups is 2. The lowest BCUT2D eigenvalue weighted by atomic mass is 9.96. The minimum Gasteiger partial charge on any atom is -0.345 e. The molecule has 23 heavy (non-hydrogen) atoms. The first-order chi connectivity index (χ1) is 10.8. The Morgan fingerprint density at radius 3 is 2.22 bits per heavy atom. The van der Waals surface area contributed by atoms with Gasteiger partial charge in [-0.15, -0.1) is 0 Å². The molecule has 4 heteroatoms. The SMILES string of the molecule is CC(C)CCC(=O)[C@H](Cc1ccccc1)NC(=O)[C@@H](N)C(C)C. The van der Waals surface area contributed by atoms with Gasteiger partial charge in [-0.05, 0) is 30.2 Å². The first-order valence-electron chi connectivity index (χ1n) is 8.43. The predicted molar refractivity (Wildman–Crippen MR) is 94.0 cm³/mol. The molecule has 1 aromatic rings. The number of hydrogen-bond acceptors (Lipinski definition) is 3. The molecule has 0 fully saturated rings. The molecular formula is C19H30N2O2. The number of Topliss-reactive ketones (excluding diaryl/α,β-unsaturated/α-hetero) is 1. The zero-order valence-corrected chi connectivity index (χ0v) is 14.7. The maximum Gasteiger partial charge on any atom is 0.237 e. The van der Waals surface area contributed by atoms with E-state index in [1.54, 1.807) is 0 Å². The van der Waals surface area contributed by atoms with Crippen LogP contribution in [0, 0.1) is 11.8 Å². The van der Waals surface area contributed by atoms with Gasteiger partial charge in [-0.25, -0.2) is 0 Å². The van der Waals surface area contributed by atoms with Crippen molar-refractivity contribution in [2.45, 2.75) is 59.0 Å². The van der Waals surface area contributed by atoms with Crippen molar-refractivity contribution in [3.63, 3.8) is 0 Å². The summed E-state index contributed by atoms with van der Waals surface area (Å²) in [6.07, 6.45) is 1.82. The fourth-order valence-corrected chi connectivity index (χ4v) is 2.27. The summed E-state index contributed by atoms with van der Waals surface area (Å²) in [5.41, 5.74) is 6.94. The lowest BCUT2D eigenvalue weighted by Crippen LogP contribution is -2.51. The Bertz CT molecular complexity index is 497. The number of ketones is 1. The molecule has 0 saturated carbocycles. The van der Waals surface area contributed by atoms with Crippen molar-refractivity contribution in [2.75, 3.05) is 0 Å². The maximum atomic E-state index is 12.5. The molecule has 0 bridgehead atoms. The van der Waals surface area contributed by atoms with Gasteiger partial charge in [-0.1, -0.05) is 58.0 Å². The highest BCUT2D eigenvalue weighted by Crippen LogP contribution is 2.11. The van der Waals surface area contributed by atoms with Crippen molar-refractivity contribution in [1.82, 2.24) is 5.32 Å².